The fourth-order valence-corrected chi connectivity index (χ4v) is 5.57. The molecule has 6 nitrogen and oxygen atoms in total. The van der Waals surface area contributed by atoms with E-state index in [-0.39, 0.29) is 5.91 Å². The van der Waals surface area contributed by atoms with Gasteiger partial charge < -0.3 is 10.6 Å². The first-order chi connectivity index (χ1) is 12.4. The van der Waals surface area contributed by atoms with E-state index in [2.05, 4.69) is 24.5 Å². The standard InChI is InChI=1S/C19H29N3O3S/c1-14(2)15-6-8-16(9-7-15)21-19(23)18-12-17(13-20-18)26(24,25)22-10-4-3-5-11-22/h6-9,14,17-18,20H,3-5,10-13H2,1-2H3,(H,21,23). The Kier molecular flexibility index (Phi) is 5.99. The molecule has 0 bridgehead atoms. The minimum atomic E-state index is -3.33. The topological polar surface area (TPSA) is 78.5 Å². The number of rotatable bonds is 5. The van der Waals surface area contributed by atoms with Crippen molar-refractivity contribution in [2.24, 2.45) is 0 Å². The van der Waals surface area contributed by atoms with Gasteiger partial charge in [0.05, 0.1) is 11.3 Å². The molecule has 1 aromatic carbocycles. The summed E-state index contributed by atoms with van der Waals surface area (Å²) in [5.74, 6) is 0.274. The number of piperidine rings is 1. The maximum Gasteiger partial charge on any atom is 0.241 e. The van der Waals surface area contributed by atoms with Crippen LogP contribution >= 0.6 is 0 Å². The predicted octanol–water partition coefficient (Wildman–Crippen LogP) is 2.29. The van der Waals surface area contributed by atoms with Crippen LogP contribution in [0.15, 0.2) is 24.3 Å². The highest BCUT2D eigenvalue weighted by Crippen LogP contribution is 2.23. The quantitative estimate of drug-likeness (QED) is 0.823. The Morgan fingerprint density at radius 1 is 1.15 bits per heavy atom. The molecule has 0 aromatic heterocycles. The zero-order valence-corrected chi connectivity index (χ0v) is 16.4. The molecule has 1 amide bonds. The zero-order valence-electron chi connectivity index (χ0n) is 15.6. The molecule has 0 spiro atoms. The summed E-state index contributed by atoms with van der Waals surface area (Å²) in [6, 6.07) is 7.33. The maximum absolute atomic E-state index is 12.8. The van der Waals surface area contributed by atoms with Gasteiger partial charge in [-0.3, -0.25) is 4.79 Å². The van der Waals surface area contributed by atoms with Gasteiger partial charge in [0.1, 0.15) is 0 Å². The molecule has 2 aliphatic heterocycles. The van der Waals surface area contributed by atoms with Crippen LogP contribution in [0.3, 0.4) is 0 Å². The van der Waals surface area contributed by atoms with Gasteiger partial charge in [0.2, 0.25) is 15.9 Å². The van der Waals surface area contributed by atoms with E-state index in [9.17, 15) is 13.2 Å². The van der Waals surface area contributed by atoms with Gasteiger partial charge in [0.25, 0.3) is 0 Å². The van der Waals surface area contributed by atoms with Crippen molar-refractivity contribution in [3.8, 4) is 0 Å². The predicted molar refractivity (Wildman–Crippen MR) is 104 cm³/mol. The van der Waals surface area contributed by atoms with Crippen LogP contribution < -0.4 is 10.6 Å². The summed E-state index contributed by atoms with van der Waals surface area (Å²) in [6.07, 6.45) is 3.27. The molecule has 2 heterocycles. The van der Waals surface area contributed by atoms with Gasteiger partial charge in [-0.25, -0.2) is 12.7 Å². The molecule has 2 unspecified atom stereocenters. The molecule has 0 radical (unpaired) electrons. The van der Waals surface area contributed by atoms with E-state index >= 15 is 0 Å². The Labute approximate surface area is 156 Å². The summed E-state index contributed by atoms with van der Waals surface area (Å²) in [4.78, 5) is 12.5. The summed E-state index contributed by atoms with van der Waals surface area (Å²) in [5.41, 5.74) is 1.96. The lowest BCUT2D eigenvalue weighted by Crippen LogP contribution is -2.42. The molecule has 144 valence electrons. The first-order valence-electron chi connectivity index (χ1n) is 9.51. The largest absolute Gasteiger partial charge is 0.325 e. The lowest BCUT2D eigenvalue weighted by atomic mass is 10.0. The van der Waals surface area contributed by atoms with Crippen LogP contribution in [-0.4, -0.2) is 49.6 Å². The van der Waals surface area contributed by atoms with Crippen molar-refractivity contribution >= 4 is 21.6 Å². The summed E-state index contributed by atoms with van der Waals surface area (Å²) >= 11 is 0. The van der Waals surface area contributed by atoms with Crippen molar-refractivity contribution < 1.29 is 13.2 Å². The summed E-state index contributed by atoms with van der Waals surface area (Å²) < 4.78 is 27.1. The van der Waals surface area contributed by atoms with Crippen LogP contribution in [0.25, 0.3) is 0 Å². The van der Waals surface area contributed by atoms with Gasteiger partial charge in [0.15, 0.2) is 0 Å². The number of benzene rings is 1. The molecule has 0 aliphatic carbocycles. The Hall–Kier alpha value is -1.44. The Morgan fingerprint density at radius 2 is 1.81 bits per heavy atom. The number of amides is 1. The number of carbonyl (C=O) groups excluding carboxylic acids is 1. The second-order valence-corrected chi connectivity index (χ2v) is 9.80. The highest BCUT2D eigenvalue weighted by atomic mass is 32.2. The zero-order chi connectivity index (χ0) is 18.7. The van der Waals surface area contributed by atoms with Crippen molar-refractivity contribution in [2.75, 3.05) is 25.0 Å². The molecule has 2 atom stereocenters. The maximum atomic E-state index is 12.8. The van der Waals surface area contributed by atoms with E-state index in [0.717, 1.165) is 24.9 Å². The van der Waals surface area contributed by atoms with Crippen molar-refractivity contribution in [1.82, 2.24) is 9.62 Å². The molecule has 3 rings (SSSR count). The van der Waals surface area contributed by atoms with Crippen molar-refractivity contribution in [1.29, 1.82) is 0 Å². The first-order valence-corrected chi connectivity index (χ1v) is 11.0. The SMILES string of the molecule is CC(C)c1ccc(NC(=O)C2CC(S(=O)(=O)N3CCCCC3)CN2)cc1. The number of anilines is 1. The normalized spacial score (nSPS) is 24.7. The third-order valence-corrected chi connectivity index (χ3v) is 7.63. The van der Waals surface area contributed by atoms with E-state index in [0.29, 0.717) is 32.0 Å². The third-order valence-electron chi connectivity index (χ3n) is 5.35. The van der Waals surface area contributed by atoms with Gasteiger partial charge in [-0.2, -0.15) is 0 Å². The van der Waals surface area contributed by atoms with E-state index in [1.165, 1.54) is 5.56 Å². The van der Waals surface area contributed by atoms with Crippen molar-refractivity contribution in [2.45, 2.75) is 56.7 Å². The minimum absolute atomic E-state index is 0.168. The van der Waals surface area contributed by atoms with Crippen molar-refractivity contribution in [3.05, 3.63) is 29.8 Å². The molecule has 2 aliphatic rings. The average Bonchev–Trinajstić information content (AvgIpc) is 3.14. The van der Waals surface area contributed by atoms with Gasteiger partial charge in [0, 0.05) is 25.3 Å². The number of nitrogens with one attached hydrogen (secondary N) is 2. The van der Waals surface area contributed by atoms with Crippen LogP contribution in [0.4, 0.5) is 5.69 Å². The fourth-order valence-electron chi connectivity index (χ4n) is 3.64. The second kappa shape index (κ2) is 8.06. The van der Waals surface area contributed by atoms with E-state index in [1.54, 1.807) is 4.31 Å². The van der Waals surface area contributed by atoms with Gasteiger partial charge in [-0.05, 0) is 42.9 Å². The number of carbonyl (C=O) groups is 1. The molecule has 2 fully saturated rings. The number of sulfonamides is 1. The lowest BCUT2D eigenvalue weighted by Gasteiger charge is -2.28. The summed E-state index contributed by atoms with van der Waals surface area (Å²) in [7, 11) is -3.33. The average molecular weight is 380 g/mol. The molecule has 1 aromatic rings. The van der Waals surface area contributed by atoms with E-state index in [4.69, 9.17) is 0 Å². The van der Waals surface area contributed by atoms with Gasteiger partial charge in [-0.1, -0.05) is 32.4 Å². The smallest absolute Gasteiger partial charge is 0.241 e. The van der Waals surface area contributed by atoms with Crippen molar-refractivity contribution in [3.63, 3.8) is 0 Å². The Morgan fingerprint density at radius 3 is 2.42 bits per heavy atom. The molecular formula is C19H29N3O3S. The number of hydrogen-bond donors (Lipinski definition) is 2. The van der Waals surface area contributed by atoms with Crippen LogP contribution in [0.5, 0.6) is 0 Å². The third kappa shape index (κ3) is 4.27. The molecule has 26 heavy (non-hydrogen) atoms. The summed E-state index contributed by atoms with van der Waals surface area (Å²) in [6.45, 7) is 5.80. The van der Waals surface area contributed by atoms with Gasteiger partial charge >= 0.3 is 0 Å². The van der Waals surface area contributed by atoms with Crippen LogP contribution in [0.1, 0.15) is 51.0 Å². The second-order valence-electron chi connectivity index (χ2n) is 7.59. The molecule has 2 N–H and O–H groups in total. The van der Waals surface area contributed by atoms with Crippen LogP contribution in [0, 0.1) is 0 Å². The lowest BCUT2D eigenvalue weighted by molar-refractivity contribution is -0.117. The Balaban J connectivity index is 1.58. The fraction of sp³-hybridized carbons (Fsp3) is 0.632. The minimum Gasteiger partial charge on any atom is -0.325 e. The molecular weight excluding hydrogens is 350 g/mol. The van der Waals surface area contributed by atoms with Gasteiger partial charge in [-0.15, -0.1) is 0 Å². The monoisotopic (exact) mass is 379 g/mol. The number of hydrogen-bond acceptors (Lipinski definition) is 4. The van der Waals surface area contributed by atoms with E-state index < -0.39 is 21.3 Å². The van der Waals surface area contributed by atoms with E-state index in [1.807, 2.05) is 24.3 Å². The highest BCUT2D eigenvalue weighted by molar-refractivity contribution is 7.89. The Bertz CT molecular complexity index is 725. The number of nitrogens with zero attached hydrogens (tertiary/aromatic N) is 1. The molecule has 2 saturated heterocycles. The summed E-state index contributed by atoms with van der Waals surface area (Å²) in [5, 5.41) is 5.46. The highest BCUT2D eigenvalue weighted by Gasteiger charge is 2.40. The van der Waals surface area contributed by atoms with Crippen LogP contribution in [-0.2, 0) is 14.8 Å². The molecule has 0 saturated carbocycles. The van der Waals surface area contributed by atoms with Crippen LogP contribution in [0.2, 0.25) is 0 Å². The first kappa shape index (κ1) is 19.3. The molecule has 7 heteroatoms.